The van der Waals surface area contributed by atoms with E-state index >= 15 is 0 Å². The molecule has 252 valence electrons. The average Bonchev–Trinajstić information content (AvgIpc) is 3.50. The van der Waals surface area contributed by atoms with Crippen LogP contribution < -0.4 is 10.6 Å². The highest BCUT2D eigenvalue weighted by Gasteiger charge is 2.30. The quantitative estimate of drug-likeness (QED) is 0.125. The van der Waals surface area contributed by atoms with E-state index in [1.54, 1.807) is 0 Å². The number of likely N-dealkylation sites (tertiary alicyclic amines) is 1. The van der Waals surface area contributed by atoms with Crippen LogP contribution in [0.3, 0.4) is 0 Å². The molecule has 0 radical (unpaired) electrons. The number of nitrogens with zero attached hydrogens (tertiary/aromatic N) is 1. The molecular formula is C38H42ClN3O6. The lowest BCUT2D eigenvalue weighted by atomic mass is 9.88. The summed E-state index contributed by atoms with van der Waals surface area (Å²) < 4.78 is 6.48. The van der Waals surface area contributed by atoms with Gasteiger partial charge in [0.05, 0.1) is 0 Å². The Bertz CT molecular complexity index is 1530. The Hall–Kier alpha value is -4.96. The number of ether oxygens (including phenoxy) is 1. The number of hydrogen-bond acceptors (Lipinski definition) is 5. The zero-order valence-corrected chi connectivity index (χ0v) is 27.8. The van der Waals surface area contributed by atoms with Gasteiger partial charge in [0.2, 0.25) is 0 Å². The summed E-state index contributed by atoms with van der Waals surface area (Å²) in [4.78, 5) is 33.1. The van der Waals surface area contributed by atoms with Crippen LogP contribution in [-0.2, 0) is 19.9 Å². The summed E-state index contributed by atoms with van der Waals surface area (Å²) in [6, 6.07) is 37.5. The smallest absolute Gasteiger partial charge is 0.328 e. The number of anilines is 2. The fourth-order valence-electron chi connectivity index (χ4n) is 5.08. The molecule has 2 unspecified atom stereocenters. The third kappa shape index (κ3) is 13.0. The van der Waals surface area contributed by atoms with E-state index in [0.29, 0.717) is 18.2 Å². The number of carbonyl (C=O) groups is 3. The van der Waals surface area contributed by atoms with Crippen LogP contribution in [0.4, 0.5) is 16.2 Å². The molecule has 2 amide bonds. The van der Waals surface area contributed by atoms with Gasteiger partial charge in [-0.25, -0.2) is 14.4 Å². The number of hydrogen-bond donors (Lipinski definition) is 4. The van der Waals surface area contributed by atoms with Crippen molar-refractivity contribution in [1.82, 2.24) is 4.90 Å². The number of rotatable bonds is 10. The largest absolute Gasteiger partial charge is 0.478 e. The summed E-state index contributed by atoms with van der Waals surface area (Å²) in [5.74, 6) is -2.51. The average molecular weight is 672 g/mol. The molecule has 0 spiro atoms. The first-order valence-electron chi connectivity index (χ1n) is 15.5. The first-order chi connectivity index (χ1) is 23.1. The van der Waals surface area contributed by atoms with Crippen molar-refractivity contribution in [3.05, 3.63) is 144 Å². The van der Waals surface area contributed by atoms with Gasteiger partial charge in [0.25, 0.3) is 0 Å². The van der Waals surface area contributed by atoms with Crippen LogP contribution in [0.15, 0.2) is 127 Å². The number of carboxylic acids is 2. The Balaban J connectivity index is 0.000000224. The Morgan fingerprint density at radius 3 is 1.69 bits per heavy atom. The number of nitrogens with one attached hydrogen (secondary N) is 2. The van der Waals surface area contributed by atoms with E-state index in [9.17, 15) is 14.4 Å². The molecule has 1 heterocycles. The van der Waals surface area contributed by atoms with E-state index < -0.39 is 17.5 Å². The van der Waals surface area contributed by atoms with Crippen LogP contribution in [0, 0.1) is 0 Å². The van der Waals surface area contributed by atoms with Crippen molar-refractivity contribution in [2.45, 2.75) is 37.8 Å². The first kappa shape index (κ1) is 37.5. The van der Waals surface area contributed by atoms with E-state index in [1.165, 1.54) is 24.9 Å². The lowest BCUT2D eigenvalue weighted by molar-refractivity contribution is -0.134. The Morgan fingerprint density at radius 1 is 0.792 bits per heavy atom. The van der Waals surface area contributed by atoms with Gasteiger partial charge in [0.15, 0.2) is 0 Å². The number of amides is 2. The summed E-state index contributed by atoms with van der Waals surface area (Å²) >= 11 is 6.07. The molecule has 4 N–H and O–H groups in total. The number of carbonyl (C=O) groups excluding carboxylic acids is 1. The number of para-hydroxylation sites is 2. The standard InChI is InChI=1S/C21H26ClNO.C13H12N2O.C4H4O4/c1-21(17-7-4-3-5-8-17,18-10-12-19(22)13-11-18)24-16-14-20-9-6-15-23(20)2;16-13(14-11-7-3-1-4-8-11)15-12-9-5-2-6-10-12;5-3(6)1-2-4(7)8/h3-5,7-8,10-13,20H,6,9,14-16H2,1-2H3;1-10H,(H2,14,15,16);1-2H,(H,5,6)(H,7,8). The summed E-state index contributed by atoms with van der Waals surface area (Å²) in [7, 11) is 2.22. The van der Waals surface area contributed by atoms with Crippen molar-refractivity contribution in [2.24, 2.45) is 0 Å². The molecule has 4 aromatic carbocycles. The van der Waals surface area contributed by atoms with Crippen LogP contribution in [-0.4, -0.2) is 59.3 Å². The molecule has 1 aliphatic rings. The van der Waals surface area contributed by atoms with Gasteiger partial charge < -0.3 is 30.5 Å². The highest BCUT2D eigenvalue weighted by Crippen LogP contribution is 2.34. The number of benzene rings is 4. The minimum absolute atomic E-state index is 0.239. The van der Waals surface area contributed by atoms with Gasteiger partial charge in [0.1, 0.15) is 5.60 Å². The topological polar surface area (TPSA) is 128 Å². The maximum Gasteiger partial charge on any atom is 0.328 e. The third-order valence-electron chi connectivity index (χ3n) is 7.66. The van der Waals surface area contributed by atoms with E-state index in [-0.39, 0.29) is 6.03 Å². The predicted molar refractivity (Wildman–Crippen MR) is 191 cm³/mol. The predicted octanol–water partition coefficient (Wildman–Crippen LogP) is 8.15. The maximum absolute atomic E-state index is 11.6. The van der Waals surface area contributed by atoms with Gasteiger partial charge in [-0.1, -0.05) is 90.5 Å². The van der Waals surface area contributed by atoms with E-state index in [4.69, 9.17) is 26.6 Å². The molecular weight excluding hydrogens is 630 g/mol. The minimum atomic E-state index is -1.26. The van der Waals surface area contributed by atoms with E-state index in [2.05, 4.69) is 65.9 Å². The molecule has 4 aromatic rings. The second-order valence-electron chi connectivity index (χ2n) is 11.1. The molecule has 0 aromatic heterocycles. The van der Waals surface area contributed by atoms with Crippen LogP contribution in [0.1, 0.15) is 37.3 Å². The van der Waals surface area contributed by atoms with Crippen molar-refractivity contribution in [3.8, 4) is 0 Å². The van der Waals surface area contributed by atoms with Gasteiger partial charge in [-0.2, -0.15) is 0 Å². The van der Waals surface area contributed by atoms with Crippen LogP contribution in [0.2, 0.25) is 5.02 Å². The summed E-state index contributed by atoms with van der Waals surface area (Å²) in [6.07, 6.45) is 4.77. The fraction of sp³-hybridized carbons (Fsp3) is 0.237. The molecule has 0 saturated carbocycles. The monoisotopic (exact) mass is 671 g/mol. The zero-order valence-electron chi connectivity index (χ0n) is 27.1. The van der Waals surface area contributed by atoms with Gasteiger partial charge >= 0.3 is 18.0 Å². The van der Waals surface area contributed by atoms with Crippen LogP contribution in [0.25, 0.3) is 0 Å². The third-order valence-corrected chi connectivity index (χ3v) is 7.92. The maximum atomic E-state index is 11.6. The molecule has 0 aliphatic carbocycles. The number of aliphatic carboxylic acids is 2. The molecule has 48 heavy (non-hydrogen) atoms. The van der Waals surface area contributed by atoms with Gasteiger partial charge in [-0.3, -0.25) is 0 Å². The lowest BCUT2D eigenvalue weighted by Crippen LogP contribution is -2.31. The summed E-state index contributed by atoms with van der Waals surface area (Å²) in [5, 5.41) is 21.9. The lowest BCUT2D eigenvalue weighted by Gasteiger charge is -2.32. The second-order valence-corrected chi connectivity index (χ2v) is 11.6. The van der Waals surface area contributed by atoms with Crippen molar-refractivity contribution >= 4 is 40.9 Å². The van der Waals surface area contributed by atoms with E-state index in [0.717, 1.165) is 35.0 Å². The summed E-state index contributed by atoms with van der Waals surface area (Å²) in [5.41, 5.74) is 3.40. The molecule has 1 aliphatic heterocycles. The molecule has 10 heteroatoms. The van der Waals surface area contributed by atoms with E-state index in [1.807, 2.05) is 78.9 Å². The molecule has 0 bridgehead atoms. The molecule has 2 atom stereocenters. The van der Waals surface area contributed by atoms with Gasteiger partial charge in [-0.05, 0) is 87.3 Å². The molecule has 1 fully saturated rings. The molecule has 1 saturated heterocycles. The number of carboxylic acid groups (broad SMARTS) is 2. The van der Waals surface area contributed by atoms with Crippen molar-refractivity contribution in [3.63, 3.8) is 0 Å². The van der Waals surface area contributed by atoms with Crippen molar-refractivity contribution in [1.29, 1.82) is 0 Å². The Morgan fingerprint density at radius 2 is 1.25 bits per heavy atom. The zero-order chi connectivity index (χ0) is 34.8. The fourth-order valence-corrected chi connectivity index (χ4v) is 5.21. The normalized spacial score (nSPS) is 15.2. The minimum Gasteiger partial charge on any atom is -0.478 e. The van der Waals surface area contributed by atoms with Crippen molar-refractivity contribution in [2.75, 3.05) is 30.8 Å². The highest BCUT2D eigenvalue weighted by molar-refractivity contribution is 6.30. The second kappa shape index (κ2) is 19.6. The highest BCUT2D eigenvalue weighted by atomic mass is 35.5. The number of halogens is 1. The van der Waals surface area contributed by atoms with Crippen molar-refractivity contribution < 1.29 is 29.3 Å². The SMILES string of the molecule is CN1CCCC1CCOC(C)(c1ccccc1)c1ccc(Cl)cc1.O=C(Nc1ccccc1)Nc1ccccc1.O=C(O)C=CC(=O)O. The van der Waals surface area contributed by atoms with Crippen LogP contribution in [0.5, 0.6) is 0 Å². The molecule has 5 rings (SSSR count). The first-order valence-corrected chi connectivity index (χ1v) is 15.9. The Kier molecular flexibility index (Phi) is 15.3. The van der Waals surface area contributed by atoms with Gasteiger partial charge in [0, 0.05) is 41.2 Å². The summed E-state index contributed by atoms with van der Waals surface area (Å²) in [6.45, 7) is 4.12. The van der Waals surface area contributed by atoms with Crippen LogP contribution >= 0.6 is 11.6 Å². The number of urea groups is 1. The Labute approximate surface area is 286 Å². The van der Waals surface area contributed by atoms with Gasteiger partial charge in [-0.15, -0.1) is 0 Å². The molecule has 9 nitrogen and oxygen atoms in total.